The van der Waals surface area contributed by atoms with Gasteiger partial charge in [-0.15, -0.1) is 0 Å². The predicted molar refractivity (Wildman–Crippen MR) is 105 cm³/mol. The number of aryl methyl sites for hydroxylation is 1. The Morgan fingerprint density at radius 3 is 2.37 bits per heavy atom. The van der Waals surface area contributed by atoms with Crippen molar-refractivity contribution in [3.8, 4) is 0 Å². The fourth-order valence-corrected chi connectivity index (χ4v) is 3.73. The van der Waals surface area contributed by atoms with Gasteiger partial charge in [-0.1, -0.05) is 22.9 Å². The van der Waals surface area contributed by atoms with Crippen molar-refractivity contribution in [2.45, 2.75) is 18.7 Å². The highest BCUT2D eigenvalue weighted by Gasteiger charge is 2.15. The Kier molecular flexibility index (Phi) is 7.11. The van der Waals surface area contributed by atoms with E-state index in [0.717, 1.165) is 10.0 Å². The summed E-state index contributed by atoms with van der Waals surface area (Å²) < 4.78 is 32.0. The maximum atomic E-state index is 12.0. The molecule has 0 bridgehead atoms. The number of halogens is 1. The Bertz CT molecular complexity index is 943. The molecule has 2 N–H and O–H groups in total. The van der Waals surface area contributed by atoms with Gasteiger partial charge in [-0.25, -0.2) is 17.9 Å². The summed E-state index contributed by atoms with van der Waals surface area (Å²) in [6, 6.07) is 10.7. The molecule has 0 saturated heterocycles. The molecule has 0 atom stereocenters. The van der Waals surface area contributed by atoms with E-state index < -0.39 is 28.5 Å². The van der Waals surface area contributed by atoms with Crippen LogP contribution in [0.4, 0.5) is 5.69 Å². The van der Waals surface area contributed by atoms with Gasteiger partial charge in [0.05, 0.1) is 10.5 Å². The normalized spacial score (nSPS) is 11.1. The summed E-state index contributed by atoms with van der Waals surface area (Å²) in [6.45, 7) is 3.32. The van der Waals surface area contributed by atoms with E-state index in [1.165, 1.54) is 24.3 Å². The van der Waals surface area contributed by atoms with E-state index in [2.05, 4.69) is 26.0 Å². The number of carbonyl (C=O) groups is 2. The lowest BCUT2D eigenvalue weighted by atomic mass is 10.2. The highest BCUT2D eigenvalue weighted by molar-refractivity contribution is 9.10. The lowest BCUT2D eigenvalue weighted by Gasteiger charge is -2.09. The summed E-state index contributed by atoms with van der Waals surface area (Å²) in [4.78, 5) is 24.0. The van der Waals surface area contributed by atoms with Crippen molar-refractivity contribution in [3.63, 3.8) is 0 Å². The van der Waals surface area contributed by atoms with Crippen LogP contribution in [0, 0.1) is 6.92 Å². The quantitative estimate of drug-likeness (QED) is 0.626. The SMILES string of the molecule is CCNS(=O)(=O)c1ccc(C(=O)OCC(=O)Nc2ccc(Br)cc2C)cc1. The number of benzene rings is 2. The van der Waals surface area contributed by atoms with Gasteiger partial charge in [0.2, 0.25) is 10.0 Å². The number of ether oxygens (including phenoxy) is 1. The van der Waals surface area contributed by atoms with Crippen LogP contribution in [0.2, 0.25) is 0 Å². The third-order valence-electron chi connectivity index (χ3n) is 3.53. The summed E-state index contributed by atoms with van der Waals surface area (Å²) in [5, 5.41) is 2.66. The van der Waals surface area contributed by atoms with E-state index in [-0.39, 0.29) is 17.0 Å². The maximum Gasteiger partial charge on any atom is 0.338 e. The zero-order valence-corrected chi connectivity index (χ0v) is 17.2. The molecule has 2 aromatic rings. The van der Waals surface area contributed by atoms with Gasteiger partial charge in [-0.2, -0.15) is 0 Å². The molecule has 0 unspecified atom stereocenters. The minimum Gasteiger partial charge on any atom is -0.452 e. The van der Waals surface area contributed by atoms with Crippen LogP contribution in [0.15, 0.2) is 51.8 Å². The molecule has 0 spiro atoms. The average molecular weight is 455 g/mol. The molecule has 0 aliphatic rings. The third kappa shape index (κ3) is 5.88. The van der Waals surface area contributed by atoms with Crippen LogP contribution < -0.4 is 10.0 Å². The third-order valence-corrected chi connectivity index (χ3v) is 5.59. The Morgan fingerprint density at radius 1 is 1.11 bits per heavy atom. The second-order valence-corrected chi connectivity index (χ2v) is 8.29. The fraction of sp³-hybridized carbons (Fsp3) is 0.222. The van der Waals surface area contributed by atoms with Crippen molar-refractivity contribution >= 4 is 43.5 Å². The summed E-state index contributed by atoms with van der Waals surface area (Å²) in [5.74, 6) is -1.19. The van der Waals surface area contributed by atoms with Gasteiger partial charge in [0, 0.05) is 16.7 Å². The summed E-state index contributed by atoms with van der Waals surface area (Å²) in [7, 11) is -3.59. The van der Waals surface area contributed by atoms with Crippen molar-refractivity contribution in [3.05, 3.63) is 58.1 Å². The van der Waals surface area contributed by atoms with Crippen LogP contribution in [-0.2, 0) is 19.6 Å². The molecule has 9 heteroatoms. The summed E-state index contributed by atoms with van der Waals surface area (Å²) in [6.07, 6.45) is 0. The molecule has 0 heterocycles. The van der Waals surface area contributed by atoms with Gasteiger partial charge in [0.25, 0.3) is 5.91 Å². The highest BCUT2D eigenvalue weighted by Crippen LogP contribution is 2.20. The molecule has 0 radical (unpaired) electrons. The van der Waals surface area contributed by atoms with E-state index in [1.807, 2.05) is 13.0 Å². The number of esters is 1. The second-order valence-electron chi connectivity index (χ2n) is 5.61. The van der Waals surface area contributed by atoms with Crippen molar-refractivity contribution in [2.24, 2.45) is 0 Å². The number of carbonyl (C=O) groups excluding carboxylic acids is 2. The Balaban J connectivity index is 1.94. The second kappa shape index (κ2) is 9.12. The van der Waals surface area contributed by atoms with Crippen LogP contribution in [0.5, 0.6) is 0 Å². The fourth-order valence-electron chi connectivity index (χ4n) is 2.21. The molecule has 0 saturated carbocycles. The first-order valence-corrected chi connectivity index (χ1v) is 10.3. The van der Waals surface area contributed by atoms with E-state index in [0.29, 0.717) is 5.69 Å². The van der Waals surface area contributed by atoms with E-state index in [1.54, 1.807) is 19.1 Å². The van der Waals surface area contributed by atoms with Gasteiger partial charge in [0.1, 0.15) is 0 Å². The first kappa shape index (κ1) is 21.1. The molecule has 1 amide bonds. The number of amides is 1. The van der Waals surface area contributed by atoms with Crippen LogP contribution >= 0.6 is 15.9 Å². The smallest absolute Gasteiger partial charge is 0.338 e. The van der Waals surface area contributed by atoms with E-state index in [9.17, 15) is 18.0 Å². The highest BCUT2D eigenvalue weighted by atomic mass is 79.9. The number of nitrogens with one attached hydrogen (secondary N) is 2. The van der Waals surface area contributed by atoms with Crippen LogP contribution in [-0.4, -0.2) is 33.4 Å². The van der Waals surface area contributed by atoms with Gasteiger partial charge in [-0.3, -0.25) is 4.79 Å². The molecule has 144 valence electrons. The van der Waals surface area contributed by atoms with Gasteiger partial charge in [0.15, 0.2) is 6.61 Å². The molecule has 7 nitrogen and oxygen atoms in total. The zero-order chi connectivity index (χ0) is 20.0. The Morgan fingerprint density at radius 2 is 1.78 bits per heavy atom. The van der Waals surface area contributed by atoms with E-state index >= 15 is 0 Å². The number of hydrogen-bond acceptors (Lipinski definition) is 5. The van der Waals surface area contributed by atoms with Gasteiger partial charge < -0.3 is 10.1 Å². The van der Waals surface area contributed by atoms with Crippen LogP contribution in [0.3, 0.4) is 0 Å². The number of sulfonamides is 1. The molecule has 0 aromatic heterocycles. The van der Waals surface area contributed by atoms with Crippen molar-refractivity contribution < 1.29 is 22.7 Å². The predicted octanol–water partition coefficient (Wildman–Crippen LogP) is 2.85. The zero-order valence-electron chi connectivity index (χ0n) is 14.8. The number of rotatable bonds is 7. The molecule has 27 heavy (non-hydrogen) atoms. The number of anilines is 1. The van der Waals surface area contributed by atoms with Gasteiger partial charge in [-0.05, 0) is 55.0 Å². The standard InChI is InChI=1S/C18H19BrN2O5S/c1-3-20-27(24,25)15-7-4-13(5-8-15)18(23)26-11-17(22)21-16-9-6-14(19)10-12(16)2/h4-10,20H,3,11H2,1-2H3,(H,21,22). The Hall–Kier alpha value is -2.23. The largest absolute Gasteiger partial charge is 0.452 e. The lowest BCUT2D eigenvalue weighted by Crippen LogP contribution is -2.23. The molecule has 2 aromatic carbocycles. The minimum absolute atomic E-state index is 0.0457. The monoisotopic (exact) mass is 454 g/mol. The lowest BCUT2D eigenvalue weighted by molar-refractivity contribution is -0.119. The average Bonchev–Trinajstić information content (AvgIpc) is 2.62. The first-order chi connectivity index (χ1) is 12.7. The van der Waals surface area contributed by atoms with Crippen molar-refractivity contribution in [1.29, 1.82) is 0 Å². The molecule has 0 aliphatic carbocycles. The molecule has 2 rings (SSSR count). The topological polar surface area (TPSA) is 102 Å². The summed E-state index contributed by atoms with van der Waals surface area (Å²) in [5.41, 5.74) is 1.64. The van der Waals surface area contributed by atoms with Gasteiger partial charge >= 0.3 is 5.97 Å². The maximum absolute atomic E-state index is 12.0. The molecule has 0 aliphatic heterocycles. The van der Waals surface area contributed by atoms with Crippen molar-refractivity contribution in [2.75, 3.05) is 18.5 Å². The van der Waals surface area contributed by atoms with Crippen LogP contribution in [0.1, 0.15) is 22.8 Å². The summed E-state index contributed by atoms with van der Waals surface area (Å²) >= 11 is 3.34. The van der Waals surface area contributed by atoms with Crippen molar-refractivity contribution in [1.82, 2.24) is 4.72 Å². The van der Waals surface area contributed by atoms with Crippen LogP contribution in [0.25, 0.3) is 0 Å². The van der Waals surface area contributed by atoms with E-state index in [4.69, 9.17) is 4.74 Å². The molecular weight excluding hydrogens is 436 g/mol. The molecule has 0 fully saturated rings. The Labute approximate surface area is 166 Å². The first-order valence-electron chi connectivity index (χ1n) is 8.06. The minimum atomic E-state index is -3.59. The molecular formula is C18H19BrN2O5S. The number of hydrogen-bond donors (Lipinski definition) is 2.